The molecule has 0 aliphatic heterocycles. The number of halogens is 1. The summed E-state index contributed by atoms with van der Waals surface area (Å²) in [6.45, 7) is 2.35. The van der Waals surface area contributed by atoms with E-state index < -0.39 is 11.0 Å². The average Bonchev–Trinajstić information content (AvgIpc) is 2.62. The van der Waals surface area contributed by atoms with Gasteiger partial charge in [-0.1, -0.05) is 41.9 Å². The molecule has 1 amide bonds. The summed E-state index contributed by atoms with van der Waals surface area (Å²) in [5, 5.41) is 16.8. The molecule has 0 aliphatic carbocycles. The number of amides is 1. The Morgan fingerprint density at radius 2 is 1.96 bits per heavy atom. The fourth-order valence-corrected chi connectivity index (χ4v) is 2.70. The second-order valence-corrected chi connectivity index (χ2v) is 6.18. The second kappa shape index (κ2) is 9.28. The lowest BCUT2D eigenvalue weighted by molar-refractivity contribution is -0.384. The van der Waals surface area contributed by atoms with E-state index in [2.05, 4.69) is 10.6 Å². The largest absolute Gasteiger partial charge is 0.383 e. The molecular weight excluding hydrogens is 358 g/mol. The van der Waals surface area contributed by atoms with Crippen molar-refractivity contribution < 1.29 is 14.5 Å². The molecule has 0 saturated heterocycles. The van der Waals surface area contributed by atoms with Gasteiger partial charge in [-0.15, -0.1) is 0 Å². The Hall–Kier alpha value is -2.48. The van der Waals surface area contributed by atoms with Crippen molar-refractivity contribution in [2.45, 2.75) is 19.0 Å². The highest BCUT2D eigenvalue weighted by atomic mass is 35.5. The molecule has 0 radical (unpaired) electrons. The number of nitrogens with one attached hydrogen (secondary N) is 2. The minimum Gasteiger partial charge on any atom is -0.383 e. The van der Waals surface area contributed by atoms with Crippen LogP contribution in [0.2, 0.25) is 5.02 Å². The average molecular weight is 378 g/mol. The van der Waals surface area contributed by atoms with Gasteiger partial charge in [0.05, 0.1) is 22.2 Å². The van der Waals surface area contributed by atoms with E-state index in [4.69, 9.17) is 16.3 Å². The van der Waals surface area contributed by atoms with Gasteiger partial charge in [0, 0.05) is 25.3 Å². The van der Waals surface area contributed by atoms with Crippen LogP contribution in [0.3, 0.4) is 0 Å². The summed E-state index contributed by atoms with van der Waals surface area (Å²) >= 11 is 6.06. The van der Waals surface area contributed by atoms with E-state index in [1.165, 1.54) is 18.2 Å². The number of methoxy groups -OCH3 is 1. The molecule has 2 rings (SSSR count). The zero-order valence-corrected chi connectivity index (χ0v) is 15.2. The van der Waals surface area contributed by atoms with Gasteiger partial charge >= 0.3 is 0 Å². The summed E-state index contributed by atoms with van der Waals surface area (Å²) in [4.78, 5) is 23.1. The Kier molecular flexibility index (Phi) is 7.08. The first-order valence-corrected chi connectivity index (χ1v) is 8.35. The number of ether oxygens (including phenoxy) is 1. The van der Waals surface area contributed by atoms with Crippen LogP contribution >= 0.6 is 11.6 Å². The smallest absolute Gasteiger partial charge is 0.271 e. The number of hydrogen-bond donors (Lipinski definition) is 2. The van der Waals surface area contributed by atoms with Gasteiger partial charge in [-0.25, -0.2) is 0 Å². The molecule has 0 aromatic heterocycles. The van der Waals surface area contributed by atoms with E-state index in [1.54, 1.807) is 7.11 Å². The lowest BCUT2D eigenvalue weighted by Gasteiger charge is -2.23. The first kappa shape index (κ1) is 19.8. The van der Waals surface area contributed by atoms with Gasteiger partial charge in [-0.3, -0.25) is 20.2 Å². The van der Waals surface area contributed by atoms with Crippen LogP contribution in [0.25, 0.3) is 0 Å². The Balaban J connectivity index is 2.22. The standard InChI is InChI=1S/C18H20ClN3O4/c1-12(11-26-2)20-17(13-6-4-3-5-7-13)18(23)21-16-9-8-14(22(24)25)10-15(16)19/h3-10,12,17,20H,11H2,1-2H3,(H,21,23)/t12-,17-/m0/s1. The molecule has 0 heterocycles. The van der Waals surface area contributed by atoms with Crippen molar-refractivity contribution in [3.05, 3.63) is 69.2 Å². The van der Waals surface area contributed by atoms with Crippen LogP contribution in [0.15, 0.2) is 48.5 Å². The van der Waals surface area contributed by atoms with Crippen LogP contribution in [0.1, 0.15) is 18.5 Å². The number of hydrogen-bond acceptors (Lipinski definition) is 5. The summed E-state index contributed by atoms with van der Waals surface area (Å²) in [5.74, 6) is -0.324. The molecule has 7 nitrogen and oxygen atoms in total. The molecular formula is C18H20ClN3O4. The molecule has 2 aromatic carbocycles. The highest BCUT2D eigenvalue weighted by Gasteiger charge is 2.23. The van der Waals surface area contributed by atoms with Crippen LogP contribution in [0, 0.1) is 10.1 Å². The van der Waals surface area contributed by atoms with Gasteiger partial charge in [0.1, 0.15) is 6.04 Å². The Bertz CT molecular complexity index is 770. The number of carbonyl (C=O) groups is 1. The zero-order valence-electron chi connectivity index (χ0n) is 14.4. The number of nitrogens with zero attached hydrogens (tertiary/aromatic N) is 1. The molecule has 2 N–H and O–H groups in total. The number of carbonyl (C=O) groups excluding carboxylic acids is 1. The van der Waals surface area contributed by atoms with Gasteiger partial charge in [0.15, 0.2) is 0 Å². The third-order valence-corrected chi connectivity index (χ3v) is 4.00. The first-order valence-electron chi connectivity index (χ1n) is 7.97. The number of nitro groups is 1. The molecule has 0 aliphatic rings. The quantitative estimate of drug-likeness (QED) is 0.542. The SMILES string of the molecule is COC[C@H](C)N[C@H](C(=O)Nc1ccc([N+](=O)[O-])cc1Cl)c1ccccc1. The van der Waals surface area contributed by atoms with Crippen molar-refractivity contribution in [3.8, 4) is 0 Å². The van der Waals surface area contributed by atoms with E-state index in [-0.39, 0.29) is 22.7 Å². The zero-order chi connectivity index (χ0) is 19.1. The van der Waals surface area contributed by atoms with Gasteiger partial charge in [-0.2, -0.15) is 0 Å². The summed E-state index contributed by atoms with van der Waals surface area (Å²) < 4.78 is 5.11. The lowest BCUT2D eigenvalue weighted by Crippen LogP contribution is -2.40. The van der Waals surface area contributed by atoms with Crippen LogP contribution in [-0.4, -0.2) is 30.6 Å². The maximum atomic E-state index is 12.8. The third-order valence-electron chi connectivity index (χ3n) is 3.68. The molecule has 0 bridgehead atoms. The van der Waals surface area contributed by atoms with Crippen molar-refractivity contribution in [1.82, 2.24) is 5.32 Å². The topological polar surface area (TPSA) is 93.5 Å². The second-order valence-electron chi connectivity index (χ2n) is 5.78. The molecule has 138 valence electrons. The number of rotatable bonds is 8. The maximum absolute atomic E-state index is 12.8. The van der Waals surface area contributed by atoms with Crippen LogP contribution < -0.4 is 10.6 Å². The third kappa shape index (κ3) is 5.26. The van der Waals surface area contributed by atoms with Crippen molar-refractivity contribution >= 4 is 28.9 Å². The highest BCUT2D eigenvalue weighted by Crippen LogP contribution is 2.27. The van der Waals surface area contributed by atoms with Crippen molar-refractivity contribution in [2.75, 3.05) is 19.0 Å². The summed E-state index contributed by atoms with van der Waals surface area (Å²) in [6, 6.07) is 12.5. The normalized spacial score (nSPS) is 13.0. The highest BCUT2D eigenvalue weighted by molar-refractivity contribution is 6.34. The fourth-order valence-electron chi connectivity index (χ4n) is 2.48. The van der Waals surface area contributed by atoms with Crippen molar-refractivity contribution in [1.29, 1.82) is 0 Å². The number of nitro benzene ring substituents is 1. The van der Waals surface area contributed by atoms with Crippen molar-refractivity contribution in [2.24, 2.45) is 0 Å². The van der Waals surface area contributed by atoms with Crippen LogP contribution in [-0.2, 0) is 9.53 Å². The van der Waals surface area contributed by atoms with E-state index in [1.807, 2.05) is 37.3 Å². The molecule has 2 atom stereocenters. The predicted molar refractivity (Wildman–Crippen MR) is 100 cm³/mol. The summed E-state index contributed by atoms with van der Waals surface area (Å²) in [6.07, 6.45) is 0. The Morgan fingerprint density at radius 1 is 1.27 bits per heavy atom. The monoisotopic (exact) mass is 377 g/mol. The molecule has 2 aromatic rings. The molecule has 0 spiro atoms. The molecule has 0 unspecified atom stereocenters. The van der Waals surface area contributed by atoms with Gasteiger partial charge in [0.25, 0.3) is 5.69 Å². The van der Waals surface area contributed by atoms with Gasteiger partial charge < -0.3 is 10.1 Å². The molecule has 8 heteroatoms. The number of anilines is 1. The number of benzene rings is 2. The van der Waals surface area contributed by atoms with E-state index in [0.29, 0.717) is 12.3 Å². The Morgan fingerprint density at radius 3 is 2.54 bits per heavy atom. The van der Waals surface area contributed by atoms with Crippen LogP contribution in [0.5, 0.6) is 0 Å². The van der Waals surface area contributed by atoms with E-state index in [0.717, 1.165) is 5.56 Å². The first-order chi connectivity index (χ1) is 12.4. The predicted octanol–water partition coefficient (Wildman–Crippen LogP) is 3.55. The van der Waals surface area contributed by atoms with Crippen molar-refractivity contribution in [3.63, 3.8) is 0 Å². The molecule has 0 saturated carbocycles. The van der Waals surface area contributed by atoms with Gasteiger partial charge in [-0.05, 0) is 18.6 Å². The summed E-state index contributed by atoms with van der Waals surface area (Å²) in [7, 11) is 1.59. The minimum atomic E-state index is -0.632. The van der Waals surface area contributed by atoms with Gasteiger partial charge in [0.2, 0.25) is 5.91 Å². The minimum absolute atomic E-state index is 0.0664. The molecule has 0 fully saturated rings. The van der Waals surface area contributed by atoms with E-state index >= 15 is 0 Å². The lowest BCUT2D eigenvalue weighted by atomic mass is 10.0. The van der Waals surface area contributed by atoms with Crippen LogP contribution in [0.4, 0.5) is 11.4 Å². The fraction of sp³-hybridized carbons (Fsp3) is 0.278. The number of non-ortho nitro benzene ring substituents is 1. The maximum Gasteiger partial charge on any atom is 0.271 e. The molecule has 26 heavy (non-hydrogen) atoms. The Labute approximate surface area is 156 Å². The summed E-state index contributed by atoms with van der Waals surface area (Å²) in [5.41, 5.74) is 0.954. The van der Waals surface area contributed by atoms with E-state index in [9.17, 15) is 14.9 Å².